The van der Waals surface area contributed by atoms with Gasteiger partial charge in [0.15, 0.2) is 5.65 Å². The van der Waals surface area contributed by atoms with Gasteiger partial charge in [0.25, 0.3) is 0 Å². The monoisotopic (exact) mass is 253 g/mol. The van der Waals surface area contributed by atoms with Crippen molar-refractivity contribution in [3.63, 3.8) is 0 Å². The van der Waals surface area contributed by atoms with Gasteiger partial charge in [-0.2, -0.15) is 0 Å². The SMILES string of the molecule is CCC(C)c1nnc2c(Cl)cc(C(=O)O)cn12. The van der Waals surface area contributed by atoms with Crippen LogP contribution in [0.15, 0.2) is 12.3 Å². The van der Waals surface area contributed by atoms with E-state index in [-0.39, 0.29) is 11.5 Å². The Morgan fingerprint density at radius 3 is 2.88 bits per heavy atom. The van der Waals surface area contributed by atoms with Gasteiger partial charge in [0, 0.05) is 12.1 Å². The summed E-state index contributed by atoms with van der Waals surface area (Å²) in [6.07, 6.45) is 2.40. The number of carboxylic acids is 1. The molecule has 1 unspecified atom stereocenters. The number of aromatic nitrogens is 3. The minimum atomic E-state index is -1.02. The molecule has 5 nitrogen and oxygen atoms in total. The lowest BCUT2D eigenvalue weighted by Gasteiger charge is -2.07. The lowest BCUT2D eigenvalue weighted by atomic mass is 10.1. The third kappa shape index (κ3) is 1.98. The van der Waals surface area contributed by atoms with Crippen molar-refractivity contribution < 1.29 is 9.90 Å². The Morgan fingerprint density at radius 1 is 1.59 bits per heavy atom. The topological polar surface area (TPSA) is 67.5 Å². The lowest BCUT2D eigenvalue weighted by Crippen LogP contribution is -2.03. The van der Waals surface area contributed by atoms with Gasteiger partial charge in [-0.1, -0.05) is 25.4 Å². The molecular formula is C11H12ClN3O2. The predicted molar refractivity (Wildman–Crippen MR) is 63.7 cm³/mol. The van der Waals surface area contributed by atoms with Gasteiger partial charge in [-0.3, -0.25) is 4.40 Å². The van der Waals surface area contributed by atoms with Gasteiger partial charge in [-0.25, -0.2) is 4.79 Å². The minimum Gasteiger partial charge on any atom is -0.478 e. The normalized spacial score (nSPS) is 12.9. The van der Waals surface area contributed by atoms with Gasteiger partial charge >= 0.3 is 5.97 Å². The molecule has 17 heavy (non-hydrogen) atoms. The van der Waals surface area contributed by atoms with Crippen molar-refractivity contribution >= 4 is 23.2 Å². The second kappa shape index (κ2) is 4.33. The zero-order valence-electron chi connectivity index (χ0n) is 9.51. The highest BCUT2D eigenvalue weighted by Crippen LogP contribution is 2.23. The summed E-state index contributed by atoms with van der Waals surface area (Å²) in [5.74, 6) is -0.0878. The minimum absolute atomic E-state index is 0.131. The number of hydrogen-bond donors (Lipinski definition) is 1. The van der Waals surface area contributed by atoms with Crippen LogP contribution >= 0.6 is 11.6 Å². The summed E-state index contributed by atoms with van der Waals surface area (Å²) in [5.41, 5.74) is 0.624. The number of hydrogen-bond acceptors (Lipinski definition) is 3. The first-order valence-corrected chi connectivity index (χ1v) is 5.69. The Labute approximate surface area is 103 Å². The second-order valence-electron chi connectivity index (χ2n) is 3.94. The highest BCUT2D eigenvalue weighted by Gasteiger charge is 2.16. The van der Waals surface area contributed by atoms with Crippen LogP contribution in [0.4, 0.5) is 0 Å². The molecule has 0 spiro atoms. The van der Waals surface area contributed by atoms with E-state index in [2.05, 4.69) is 10.2 Å². The molecule has 0 amide bonds. The quantitative estimate of drug-likeness (QED) is 0.913. The molecule has 0 aliphatic carbocycles. The summed E-state index contributed by atoms with van der Waals surface area (Å²) in [7, 11) is 0. The van der Waals surface area contributed by atoms with E-state index in [1.165, 1.54) is 12.3 Å². The Bertz CT molecular complexity index is 579. The van der Waals surface area contributed by atoms with Crippen molar-refractivity contribution in [3.05, 3.63) is 28.7 Å². The van der Waals surface area contributed by atoms with E-state index < -0.39 is 5.97 Å². The molecular weight excluding hydrogens is 242 g/mol. The largest absolute Gasteiger partial charge is 0.478 e. The van der Waals surface area contributed by atoms with E-state index in [9.17, 15) is 4.79 Å². The Hall–Kier alpha value is -1.62. The van der Waals surface area contributed by atoms with Crippen LogP contribution < -0.4 is 0 Å². The summed E-state index contributed by atoms with van der Waals surface area (Å²) in [4.78, 5) is 11.0. The van der Waals surface area contributed by atoms with E-state index >= 15 is 0 Å². The van der Waals surface area contributed by atoms with Crippen molar-refractivity contribution in [3.8, 4) is 0 Å². The number of carbonyl (C=O) groups is 1. The molecule has 0 aromatic carbocycles. The van der Waals surface area contributed by atoms with Gasteiger partial charge in [0.05, 0.1) is 10.6 Å². The number of nitrogens with zero attached hydrogens (tertiary/aromatic N) is 3. The third-order valence-electron chi connectivity index (χ3n) is 2.79. The van der Waals surface area contributed by atoms with Crippen molar-refractivity contribution in [2.75, 3.05) is 0 Å². The van der Waals surface area contributed by atoms with Crippen LogP contribution in [-0.4, -0.2) is 25.7 Å². The Kier molecular flexibility index (Phi) is 3.02. The lowest BCUT2D eigenvalue weighted by molar-refractivity contribution is 0.0696. The summed E-state index contributed by atoms with van der Waals surface area (Å²) in [6.45, 7) is 4.05. The number of pyridine rings is 1. The van der Waals surface area contributed by atoms with E-state index in [1.807, 2.05) is 13.8 Å². The first kappa shape index (κ1) is 11.9. The molecule has 2 aromatic rings. The molecule has 0 aliphatic heterocycles. The molecule has 0 radical (unpaired) electrons. The number of aromatic carboxylic acids is 1. The van der Waals surface area contributed by atoms with Crippen LogP contribution in [0.3, 0.4) is 0 Å². The van der Waals surface area contributed by atoms with Crippen molar-refractivity contribution in [2.45, 2.75) is 26.2 Å². The summed E-state index contributed by atoms with van der Waals surface area (Å²) >= 11 is 5.98. The molecule has 0 fully saturated rings. The number of halogens is 1. The molecule has 2 aromatic heterocycles. The Balaban J connectivity index is 2.69. The molecule has 0 bridgehead atoms. The number of rotatable bonds is 3. The van der Waals surface area contributed by atoms with Gasteiger partial charge in [0.1, 0.15) is 5.82 Å². The van der Waals surface area contributed by atoms with Crippen LogP contribution in [0.2, 0.25) is 5.02 Å². The van der Waals surface area contributed by atoms with E-state index in [4.69, 9.17) is 16.7 Å². The maximum Gasteiger partial charge on any atom is 0.337 e. The molecule has 1 atom stereocenters. The van der Waals surface area contributed by atoms with Gasteiger partial charge in [-0.15, -0.1) is 10.2 Å². The number of fused-ring (bicyclic) bond motifs is 1. The van der Waals surface area contributed by atoms with Crippen LogP contribution in [0.25, 0.3) is 5.65 Å². The average Bonchev–Trinajstić information content (AvgIpc) is 2.72. The first-order valence-electron chi connectivity index (χ1n) is 5.32. The zero-order valence-corrected chi connectivity index (χ0v) is 10.3. The Morgan fingerprint density at radius 2 is 2.29 bits per heavy atom. The van der Waals surface area contributed by atoms with Gasteiger partial charge < -0.3 is 5.11 Å². The second-order valence-corrected chi connectivity index (χ2v) is 4.35. The maximum absolute atomic E-state index is 11.0. The van der Waals surface area contributed by atoms with Crippen molar-refractivity contribution in [1.82, 2.24) is 14.6 Å². The highest BCUT2D eigenvalue weighted by atomic mass is 35.5. The summed E-state index contributed by atoms with van der Waals surface area (Å²) in [6, 6.07) is 1.38. The predicted octanol–water partition coefficient (Wildman–Crippen LogP) is 2.59. The van der Waals surface area contributed by atoms with Crippen molar-refractivity contribution in [1.29, 1.82) is 0 Å². The standard InChI is InChI=1S/C11H12ClN3O2/c1-3-6(2)9-13-14-10-8(12)4-7(11(16)17)5-15(9)10/h4-6H,3H2,1-2H3,(H,16,17). The molecule has 0 aliphatic rings. The zero-order chi connectivity index (χ0) is 12.6. The van der Waals surface area contributed by atoms with E-state index in [1.54, 1.807) is 4.40 Å². The smallest absolute Gasteiger partial charge is 0.337 e. The van der Waals surface area contributed by atoms with E-state index in [0.29, 0.717) is 10.7 Å². The fraction of sp³-hybridized carbons (Fsp3) is 0.364. The molecule has 6 heteroatoms. The molecule has 90 valence electrons. The highest BCUT2D eigenvalue weighted by molar-refractivity contribution is 6.33. The number of carboxylic acid groups (broad SMARTS) is 1. The van der Waals surface area contributed by atoms with Crippen LogP contribution in [0.1, 0.15) is 42.4 Å². The van der Waals surface area contributed by atoms with Gasteiger partial charge in [-0.05, 0) is 12.5 Å². The van der Waals surface area contributed by atoms with E-state index in [0.717, 1.165) is 12.2 Å². The molecule has 0 saturated heterocycles. The fourth-order valence-corrected chi connectivity index (χ4v) is 1.85. The van der Waals surface area contributed by atoms with Gasteiger partial charge in [0.2, 0.25) is 0 Å². The maximum atomic E-state index is 11.0. The summed E-state index contributed by atoms with van der Waals surface area (Å²) < 4.78 is 1.65. The van der Waals surface area contributed by atoms with Crippen LogP contribution in [0.5, 0.6) is 0 Å². The summed E-state index contributed by atoms with van der Waals surface area (Å²) in [5, 5.41) is 17.3. The van der Waals surface area contributed by atoms with Crippen LogP contribution in [-0.2, 0) is 0 Å². The van der Waals surface area contributed by atoms with Crippen LogP contribution in [0, 0.1) is 0 Å². The fourth-order valence-electron chi connectivity index (χ4n) is 1.61. The molecule has 2 rings (SSSR count). The third-order valence-corrected chi connectivity index (χ3v) is 3.06. The molecule has 0 saturated carbocycles. The first-order chi connectivity index (χ1) is 8.04. The average molecular weight is 254 g/mol. The van der Waals surface area contributed by atoms with Crippen molar-refractivity contribution in [2.24, 2.45) is 0 Å². The molecule has 2 heterocycles. The molecule has 1 N–H and O–H groups in total.